The van der Waals surface area contributed by atoms with Gasteiger partial charge in [-0.1, -0.05) is 6.42 Å². The molecule has 0 spiro atoms. The first-order valence-electron chi connectivity index (χ1n) is 11.0. The van der Waals surface area contributed by atoms with E-state index in [0.717, 1.165) is 25.7 Å². The fraction of sp³-hybridized carbons (Fsp3) is 0.870. The lowest BCUT2D eigenvalue weighted by Gasteiger charge is -2.30. The number of hydrogen-bond donors (Lipinski definition) is 1. The lowest BCUT2D eigenvalue weighted by molar-refractivity contribution is -0.156. The Morgan fingerprint density at radius 1 is 0.700 bits per heavy atom. The van der Waals surface area contributed by atoms with Crippen LogP contribution in [-0.4, -0.2) is 41.3 Å². The van der Waals surface area contributed by atoms with Crippen molar-refractivity contribution in [1.29, 1.82) is 0 Å². The van der Waals surface area contributed by atoms with Crippen LogP contribution in [0.15, 0.2) is 0 Å². The van der Waals surface area contributed by atoms with Gasteiger partial charge in [-0.25, -0.2) is 0 Å². The minimum atomic E-state index is -0.555. The average molecular weight is 430 g/mol. The maximum atomic E-state index is 12.1. The van der Waals surface area contributed by atoms with Crippen molar-refractivity contribution in [3.8, 4) is 0 Å². The van der Waals surface area contributed by atoms with E-state index < -0.39 is 16.7 Å². The van der Waals surface area contributed by atoms with Crippen molar-refractivity contribution in [1.82, 2.24) is 0 Å². The first-order chi connectivity index (χ1) is 13.6. The molecule has 176 valence electrons. The fourth-order valence-corrected chi connectivity index (χ4v) is 3.07. The predicted molar refractivity (Wildman–Crippen MR) is 117 cm³/mol. The summed E-state index contributed by atoms with van der Waals surface area (Å²) in [5.41, 5.74) is 5.06. The van der Waals surface area contributed by atoms with Crippen LogP contribution >= 0.6 is 0 Å². The first kappa shape index (κ1) is 28.4. The number of carbonyl (C=O) groups excluding carboxylic acids is 3. The van der Waals surface area contributed by atoms with Crippen LogP contribution in [0.4, 0.5) is 0 Å². The molecule has 2 N–H and O–H groups in total. The molecule has 0 radical (unpaired) electrons. The summed E-state index contributed by atoms with van der Waals surface area (Å²) in [7, 11) is 0. The second kappa shape index (κ2) is 12.9. The normalized spacial score (nSPS) is 14.0. The van der Waals surface area contributed by atoms with Gasteiger partial charge in [0.1, 0.15) is 11.2 Å². The van der Waals surface area contributed by atoms with Crippen molar-refractivity contribution in [3.63, 3.8) is 0 Å². The van der Waals surface area contributed by atoms with Gasteiger partial charge in [-0.2, -0.15) is 0 Å². The average Bonchev–Trinajstić information content (AvgIpc) is 2.53. The standard InChI is InChI=1S/C23H43NO6/c1-18(25)28-17-10-8-9-14-23(24,16-13-20(27)30-22(5,6)7)15-11-12-19(26)29-21(2,3)4/h8-17,24H2,1-7H3. The minimum Gasteiger partial charge on any atom is -0.466 e. The third-order valence-corrected chi connectivity index (χ3v) is 4.35. The van der Waals surface area contributed by atoms with Gasteiger partial charge in [-0.15, -0.1) is 0 Å². The molecule has 0 aliphatic heterocycles. The van der Waals surface area contributed by atoms with Crippen molar-refractivity contribution in [2.45, 2.75) is 123 Å². The van der Waals surface area contributed by atoms with Gasteiger partial charge in [-0.05, 0) is 80.1 Å². The largest absolute Gasteiger partial charge is 0.466 e. The molecule has 1 unspecified atom stereocenters. The maximum Gasteiger partial charge on any atom is 0.306 e. The molecule has 0 bridgehead atoms. The van der Waals surface area contributed by atoms with E-state index in [0.29, 0.717) is 32.3 Å². The van der Waals surface area contributed by atoms with Gasteiger partial charge in [0.25, 0.3) is 0 Å². The van der Waals surface area contributed by atoms with Crippen molar-refractivity contribution in [3.05, 3.63) is 0 Å². The van der Waals surface area contributed by atoms with E-state index >= 15 is 0 Å². The van der Waals surface area contributed by atoms with Crippen LogP contribution in [0, 0.1) is 0 Å². The summed E-state index contributed by atoms with van der Waals surface area (Å²) in [6, 6.07) is 0. The SMILES string of the molecule is CC(=O)OCCCCCC(N)(CCCC(=O)OC(C)(C)C)CCC(=O)OC(C)(C)C. The molecule has 0 fully saturated rings. The number of carbonyl (C=O) groups is 3. The molecule has 30 heavy (non-hydrogen) atoms. The number of esters is 3. The van der Waals surface area contributed by atoms with Gasteiger partial charge >= 0.3 is 17.9 Å². The zero-order chi connectivity index (χ0) is 23.4. The molecule has 1 atom stereocenters. The van der Waals surface area contributed by atoms with E-state index in [1.807, 2.05) is 41.5 Å². The number of rotatable bonds is 13. The summed E-state index contributed by atoms with van der Waals surface area (Å²) < 4.78 is 15.7. The quantitative estimate of drug-likeness (QED) is 0.262. The van der Waals surface area contributed by atoms with E-state index in [4.69, 9.17) is 19.9 Å². The highest BCUT2D eigenvalue weighted by Crippen LogP contribution is 2.26. The Labute approximate surface area is 182 Å². The molecule has 0 aromatic carbocycles. The topological polar surface area (TPSA) is 105 Å². The zero-order valence-electron chi connectivity index (χ0n) is 20.1. The van der Waals surface area contributed by atoms with Crippen LogP contribution in [0.3, 0.4) is 0 Å². The summed E-state index contributed by atoms with van der Waals surface area (Å²) in [6.07, 6.45) is 5.52. The highest BCUT2D eigenvalue weighted by molar-refractivity contribution is 5.70. The van der Waals surface area contributed by atoms with Crippen molar-refractivity contribution in [2.24, 2.45) is 5.73 Å². The Hall–Kier alpha value is -1.63. The van der Waals surface area contributed by atoms with Crippen molar-refractivity contribution < 1.29 is 28.6 Å². The van der Waals surface area contributed by atoms with E-state index in [-0.39, 0.29) is 24.3 Å². The van der Waals surface area contributed by atoms with Crippen LogP contribution in [0.25, 0.3) is 0 Å². The van der Waals surface area contributed by atoms with Gasteiger partial charge in [0, 0.05) is 25.3 Å². The molecule has 0 aromatic rings. The lowest BCUT2D eigenvalue weighted by atomic mass is 9.83. The Morgan fingerprint density at radius 2 is 1.20 bits per heavy atom. The minimum absolute atomic E-state index is 0.238. The summed E-state index contributed by atoms with van der Waals surface area (Å²) in [4.78, 5) is 34.9. The third kappa shape index (κ3) is 17.2. The molecule has 0 aliphatic rings. The van der Waals surface area contributed by atoms with Crippen molar-refractivity contribution >= 4 is 17.9 Å². The highest BCUT2D eigenvalue weighted by Gasteiger charge is 2.27. The number of nitrogens with two attached hydrogens (primary N) is 1. The summed E-state index contributed by atoms with van der Waals surface area (Å²) in [5, 5.41) is 0. The lowest BCUT2D eigenvalue weighted by Crippen LogP contribution is -2.41. The van der Waals surface area contributed by atoms with Gasteiger partial charge in [0.15, 0.2) is 0 Å². The second-order valence-corrected chi connectivity index (χ2v) is 10.0. The molecule has 0 saturated carbocycles. The van der Waals surface area contributed by atoms with E-state index in [9.17, 15) is 14.4 Å². The van der Waals surface area contributed by atoms with E-state index in [1.165, 1.54) is 6.92 Å². The molecule has 7 heteroatoms. The summed E-state index contributed by atoms with van der Waals surface area (Å²) >= 11 is 0. The summed E-state index contributed by atoms with van der Waals surface area (Å²) in [6.45, 7) is 12.8. The van der Waals surface area contributed by atoms with Crippen LogP contribution in [0.2, 0.25) is 0 Å². The van der Waals surface area contributed by atoms with Crippen LogP contribution in [0.5, 0.6) is 0 Å². The maximum absolute atomic E-state index is 12.1. The number of hydrogen-bond acceptors (Lipinski definition) is 7. The Balaban J connectivity index is 4.63. The van der Waals surface area contributed by atoms with Crippen LogP contribution in [-0.2, 0) is 28.6 Å². The molecule has 0 aromatic heterocycles. The second-order valence-electron chi connectivity index (χ2n) is 10.0. The molecule has 0 rings (SSSR count). The van der Waals surface area contributed by atoms with Gasteiger partial charge in [0.05, 0.1) is 6.61 Å². The number of ether oxygens (including phenoxy) is 3. The van der Waals surface area contributed by atoms with Gasteiger partial charge < -0.3 is 19.9 Å². The van der Waals surface area contributed by atoms with Crippen LogP contribution in [0.1, 0.15) is 106 Å². The van der Waals surface area contributed by atoms with E-state index in [1.54, 1.807) is 0 Å². The Bertz CT molecular complexity index is 547. The molecular formula is C23H43NO6. The van der Waals surface area contributed by atoms with Crippen molar-refractivity contribution in [2.75, 3.05) is 6.61 Å². The summed E-state index contributed by atoms with van der Waals surface area (Å²) in [5.74, 6) is -0.777. The molecule has 0 amide bonds. The Kier molecular flexibility index (Phi) is 12.2. The number of unbranched alkanes of at least 4 members (excludes halogenated alkanes) is 2. The van der Waals surface area contributed by atoms with Gasteiger partial charge in [-0.3, -0.25) is 14.4 Å². The first-order valence-corrected chi connectivity index (χ1v) is 11.0. The van der Waals surface area contributed by atoms with Crippen LogP contribution < -0.4 is 5.73 Å². The smallest absolute Gasteiger partial charge is 0.306 e. The molecule has 0 saturated heterocycles. The molecular weight excluding hydrogens is 386 g/mol. The molecule has 0 heterocycles. The van der Waals surface area contributed by atoms with Gasteiger partial charge in [0.2, 0.25) is 0 Å². The third-order valence-electron chi connectivity index (χ3n) is 4.35. The monoisotopic (exact) mass is 429 g/mol. The highest BCUT2D eigenvalue weighted by atomic mass is 16.6. The molecule has 7 nitrogen and oxygen atoms in total. The van der Waals surface area contributed by atoms with E-state index in [2.05, 4.69) is 0 Å². The molecule has 0 aliphatic carbocycles. The Morgan fingerprint density at radius 3 is 1.70 bits per heavy atom. The fourth-order valence-electron chi connectivity index (χ4n) is 3.07. The predicted octanol–water partition coefficient (Wildman–Crippen LogP) is 4.44. The zero-order valence-corrected chi connectivity index (χ0v) is 20.1.